The number of hydrogen-bond donors (Lipinski definition) is 2. The zero-order valence-corrected chi connectivity index (χ0v) is 19.6. The van der Waals surface area contributed by atoms with Gasteiger partial charge in [0.15, 0.2) is 5.78 Å². The minimum Gasteiger partial charge on any atom is -0.345 e. The molecule has 1 unspecified atom stereocenters. The number of amides is 4. The van der Waals surface area contributed by atoms with Crippen molar-refractivity contribution in [3.8, 4) is 0 Å². The van der Waals surface area contributed by atoms with Crippen molar-refractivity contribution in [2.45, 2.75) is 85.7 Å². The normalized spacial score (nSPS) is 15.9. The highest BCUT2D eigenvalue weighted by Gasteiger charge is 2.32. The van der Waals surface area contributed by atoms with Gasteiger partial charge in [-0.2, -0.15) is 0 Å². The molecule has 0 radical (unpaired) electrons. The molecule has 0 aromatic rings. The molecule has 1 aliphatic rings. The van der Waals surface area contributed by atoms with Gasteiger partial charge >= 0.3 is 0 Å². The number of hydrogen-bond acceptors (Lipinski definition) is 5. The molecule has 1 rings (SSSR count). The minimum atomic E-state index is -0.724. The van der Waals surface area contributed by atoms with E-state index in [2.05, 4.69) is 10.6 Å². The number of Topliss-reactive ketones (excluding diaryl/α,β-unsaturated/α-hetero) is 1. The van der Waals surface area contributed by atoms with Gasteiger partial charge in [0.05, 0.1) is 6.04 Å². The first-order valence-corrected chi connectivity index (χ1v) is 11.1. The predicted octanol–water partition coefficient (Wildman–Crippen LogP) is 2.12. The molecule has 1 aliphatic heterocycles. The molecule has 4 amide bonds. The Balaban J connectivity index is 2.44. The summed E-state index contributed by atoms with van der Waals surface area (Å²) in [7, 11) is 0. The molecule has 0 saturated heterocycles. The third-order valence-electron chi connectivity index (χ3n) is 5.75. The van der Waals surface area contributed by atoms with Gasteiger partial charge in [-0.05, 0) is 32.1 Å². The van der Waals surface area contributed by atoms with Crippen LogP contribution < -0.4 is 10.6 Å². The maximum Gasteiger partial charge on any atom is 0.253 e. The van der Waals surface area contributed by atoms with Gasteiger partial charge in [-0.15, -0.1) is 0 Å². The topological polar surface area (TPSA) is 113 Å². The Morgan fingerprint density at radius 1 is 0.968 bits per heavy atom. The molecule has 2 atom stereocenters. The van der Waals surface area contributed by atoms with Crippen molar-refractivity contribution in [1.29, 1.82) is 0 Å². The van der Waals surface area contributed by atoms with Crippen molar-refractivity contribution in [2.24, 2.45) is 11.3 Å². The van der Waals surface area contributed by atoms with Gasteiger partial charge in [0.1, 0.15) is 6.04 Å². The van der Waals surface area contributed by atoms with Crippen LogP contribution in [0, 0.1) is 11.3 Å². The van der Waals surface area contributed by atoms with E-state index in [0.717, 1.165) is 0 Å². The van der Waals surface area contributed by atoms with Gasteiger partial charge in [-0.25, -0.2) is 0 Å². The maximum atomic E-state index is 12.7. The van der Waals surface area contributed by atoms with Crippen molar-refractivity contribution < 1.29 is 24.0 Å². The van der Waals surface area contributed by atoms with Gasteiger partial charge in [0.2, 0.25) is 11.8 Å². The molecule has 174 valence electrons. The molecule has 1 heterocycles. The summed E-state index contributed by atoms with van der Waals surface area (Å²) in [5.74, 6) is -1.38. The number of nitrogens with zero attached hydrogens (tertiary/aromatic N) is 1. The average molecular weight is 436 g/mol. The van der Waals surface area contributed by atoms with Crippen LogP contribution >= 0.6 is 0 Å². The molecule has 0 saturated carbocycles. The molecular formula is C23H37N3O5. The summed E-state index contributed by atoms with van der Waals surface area (Å²) >= 11 is 0. The van der Waals surface area contributed by atoms with Crippen molar-refractivity contribution >= 4 is 29.4 Å². The van der Waals surface area contributed by atoms with E-state index in [1.807, 2.05) is 34.6 Å². The number of nitrogens with one attached hydrogen (secondary N) is 2. The second-order valence-electron chi connectivity index (χ2n) is 9.09. The Bertz CT molecular complexity index is 709. The number of imide groups is 1. The van der Waals surface area contributed by atoms with E-state index in [4.69, 9.17) is 0 Å². The van der Waals surface area contributed by atoms with Crippen LogP contribution in [0.3, 0.4) is 0 Å². The summed E-state index contributed by atoms with van der Waals surface area (Å²) in [6.07, 6.45) is 5.31. The molecule has 31 heavy (non-hydrogen) atoms. The quantitative estimate of drug-likeness (QED) is 0.340. The Kier molecular flexibility index (Phi) is 10.1. The standard InChI is InChI=1S/C23H37N3O5/c1-7-23(5,6)21(30)16(4)24-22(31)20(15(2)3)25-17(27)11-9-8-10-14-26-18(28)12-13-19(26)29/h12-13,15-16,20H,7-11,14H2,1-6H3,(H,24,31)(H,25,27)/t16-,20?/m0/s1. The fourth-order valence-electron chi connectivity index (χ4n) is 3.29. The molecule has 8 heteroatoms. The third-order valence-corrected chi connectivity index (χ3v) is 5.75. The smallest absolute Gasteiger partial charge is 0.253 e. The number of rotatable bonds is 13. The highest BCUT2D eigenvalue weighted by atomic mass is 16.2. The highest BCUT2D eigenvalue weighted by molar-refractivity contribution is 6.12. The van der Waals surface area contributed by atoms with Crippen LogP contribution in [0.25, 0.3) is 0 Å². The number of carbonyl (C=O) groups is 5. The molecular weight excluding hydrogens is 398 g/mol. The Morgan fingerprint density at radius 2 is 1.55 bits per heavy atom. The first-order chi connectivity index (χ1) is 14.4. The minimum absolute atomic E-state index is 0.0395. The molecule has 2 N–H and O–H groups in total. The molecule has 0 aromatic carbocycles. The summed E-state index contributed by atoms with van der Waals surface area (Å²) < 4.78 is 0. The number of carbonyl (C=O) groups excluding carboxylic acids is 5. The highest BCUT2D eigenvalue weighted by Crippen LogP contribution is 2.22. The van der Waals surface area contributed by atoms with Crippen LogP contribution in [-0.2, 0) is 24.0 Å². The van der Waals surface area contributed by atoms with E-state index >= 15 is 0 Å². The van der Waals surface area contributed by atoms with E-state index < -0.39 is 17.5 Å². The van der Waals surface area contributed by atoms with E-state index in [9.17, 15) is 24.0 Å². The van der Waals surface area contributed by atoms with Crippen LogP contribution in [0.1, 0.15) is 73.6 Å². The van der Waals surface area contributed by atoms with Crippen LogP contribution in [-0.4, -0.2) is 52.9 Å². The lowest BCUT2D eigenvalue weighted by molar-refractivity contribution is -0.137. The largest absolute Gasteiger partial charge is 0.345 e. The summed E-state index contributed by atoms with van der Waals surface area (Å²) in [6.45, 7) is 11.3. The summed E-state index contributed by atoms with van der Waals surface area (Å²) in [4.78, 5) is 61.7. The van der Waals surface area contributed by atoms with Crippen molar-refractivity contribution in [1.82, 2.24) is 15.5 Å². The lowest BCUT2D eigenvalue weighted by Gasteiger charge is -2.28. The lowest BCUT2D eigenvalue weighted by Crippen LogP contribution is -2.54. The van der Waals surface area contributed by atoms with Gasteiger partial charge in [-0.1, -0.05) is 41.0 Å². The van der Waals surface area contributed by atoms with Crippen molar-refractivity contribution in [3.63, 3.8) is 0 Å². The first-order valence-electron chi connectivity index (χ1n) is 11.1. The zero-order chi connectivity index (χ0) is 23.8. The van der Waals surface area contributed by atoms with Gasteiger partial charge in [-0.3, -0.25) is 28.9 Å². The van der Waals surface area contributed by atoms with Crippen LogP contribution in [0.15, 0.2) is 12.2 Å². The lowest BCUT2D eigenvalue weighted by atomic mass is 9.82. The van der Waals surface area contributed by atoms with E-state index in [-0.39, 0.29) is 41.8 Å². The molecule has 0 aromatic heterocycles. The molecule has 0 fully saturated rings. The third kappa shape index (κ3) is 7.92. The first kappa shape index (κ1) is 26.5. The Hall–Kier alpha value is -2.51. The average Bonchev–Trinajstić information content (AvgIpc) is 3.02. The van der Waals surface area contributed by atoms with Gasteiger partial charge in [0.25, 0.3) is 11.8 Å². The zero-order valence-electron chi connectivity index (χ0n) is 19.6. The van der Waals surface area contributed by atoms with Crippen molar-refractivity contribution in [3.05, 3.63) is 12.2 Å². The Morgan fingerprint density at radius 3 is 2.06 bits per heavy atom. The van der Waals surface area contributed by atoms with Crippen LogP contribution in [0.2, 0.25) is 0 Å². The summed E-state index contributed by atoms with van der Waals surface area (Å²) in [6, 6.07) is -1.36. The van der Waals surface area contributed by atoms with Crippen molar-refractivity contribution in [2.75, 3.05) is 6.54 Å². The fraction of sp³-hybridized carbons (Fsp3) is 0.696. The predicted molar refractivity (Wildman–Crippen MR) is 118 cm³/mol. The second kappa shape index (κ2) is 11.8. The van der Waals surface area contributed by atoms with E-state index in [1.165, 1.54) is 17.1 Å². The van der Waals surface area contributed by atoms with Crippen LogP contribution in [0.4, 0.5) is 0 Å². The number of unbranched alkanes of at least 4 members (excludes halogenated alkanes) is 2. The molecule has 0 bridgehead atoms. The summed E-state index contributed by atoms with van der Waals surface area (Å²) in [5, 5.41) is 5.51. The molecule has 0 spiro atoms. The summed E-state index contributed by atoms with van der Waals surface area (Å²) in [5.41, 5.74) is -0.524. The monoisotopic (exact) mass is 435 g/mol. The fourth-order valence-corrected chi connectivity index (χ4v) is 3.29. The van der Waals surface area contributed by atoms with Gasteiger partial charge in [0, 0.05) is 30.5 Å². The molecule has 0 aliphatic carbocycles. The Labute approximate surface area is 185 Å². The van der Waals surface area contributed by atoms with E-state index in [1.54, 1.807) is 6.92 Å². The SMILES string of the molecule is CCC(C)(C)C(=O)[C@H](C)NC(=O)C(NC(=O)CCCCCN1C(=O)C=CC1=O)C(C)C. The van der Waals surface area contributed by atoms with Gasteiger partial charge < -0.3 is 10.6 Å². The molecule has 8 nitrogen and oxygen atoms in total. The van der Waals surface area contributed by atoms with Crippen LogP contribution in [0.5, 0.6) is 0 Å². The van der Waals surface area contributed by atoms with E-state index in [0.29, 0.717) is 32.2 Å². The number of ketones is 1. The second-order valence-corrected chi connectivity index (χ2v) is 9.09. The maximum absolute atomic E-state index is 12.7.